The number of amides is 1. The molecule has 2 aromatic carbocycles. The second-order valence-electron chi connectivity index (χ2n) is 5.10. The number of alkyl halides is 3. The highest BCUT2D eigenvalue weighted by molar-refractivity contribution is 5.95. The first-order valence-electron chi connectivity index (χ1n) is 7.04. The van der Waals surface area contributed by atoms with Gasteiger partial charge in [0.2, 0.25) is 0 Å². The second kappa shape index (κ2) is 7.28. The summed E-state index contributed by atoms with van der Waals surface area (Å²) in [7, 11) is 0. The molecule has 0 heterocycles. The van der Waals surface area contributed by atoms with Crippen LogP contribution in [-0.2, 0) is 12.6 Å². The van der Waals surface area contributed by atoms with E-state index in [0.29, 0.717) is 6.42 Å². The van der Waals surface area contributed by atoms with E-state index in [2.05, 4.69) is 5.32 Å². The summed E-state index contributed by atoms with van der Waals surface area (Å²) >= 11 is 0. The van der Waals surface area contributed by atoms with Crippen molar-refractivity contribution in [2.75, 3.05) is 6.54 Å². The summed E-state index contributed by atoms with van der Waals surface area (Å²) in [6.07, 6.45) is -5.17. The number of hydrogen-bond donors (Lipinski definition) is 2. The van der Waals surface area contributed by atoms with Gasteiger partial charge in [-0.2, -0.15) is 13.2 Å². The molecule has 1 amide bonds. The van der Waals surface area contributed by atoms with Gasteiger partial charge in [0.1, 0.15) is 0 Å². The van der Waals surface area contributed by atoms with E-state index in [1.54, 1.807) is 0 Å². The molecule has 122 valence electrons. The van der Waals surface area contributed by atoms with Gasteiger partial charge < -0.3 is 10.4 Å². The van der Waals surface area contributed by atoms with Crippen LogP contribution in [0.2, 0.25) is 0 Å². The molecule has 0 saturated carbocycles. The Balaban J connectivity index is 1.98. The summed E-state index contributed by atoms with van der Waals surface area (Å²) < 4.78 is 38.6. The maximum atomic E-state index is 12.9. The predicted molar refractivity (Wildman–Crippen MR) is 79.9 cm³/mol. The van der Waals surface area contributed by atoms with E-state index in [0.717, 1.165) is 17.7 Å². The molecule has 0 aliphatic heterocycles. The lowest BCUT2D eigenvalue weighted by molar-refractivity contribution is -0.137. The SMILES string of the molecule is O=C(NC[C@H](O)Cc1ccccc1)c1ccccc1C(F)(F)F. The number of aliphatic hydroxyl groups is 1. The lowest BCUT2D eigenvalue weighted by atomic mass is 10.1. The fraction of sp³-hybridized carbons (Fsp3) is 0.235. The average Bonchev–Trinajstić information content (AvgIpc) is 2.53. The smallest absolute Gasteiger partial charge is 0.391 e. The van der Waals surface area contributed by atoms with Crippen LogP contribution in [0.25, 0.3) is 0 Å². The standard InChI is InChI=1S/C17H16F3NO2/c18-17(19,20)15-9-5-4-8-14(15)16(23)21-11-13(22)10-12-6-2-1-3-7-12/h1-9,13,22H,10-11H2,(H,21,23)/t13-/m1/s1. The number of halogens is 3. The van der Waals surface area contributed by atoms with Crippen molar-refractivity contribution in [1.29, 1.82) is 0 Å². The van der Waals surface area contributed by atoms with Crippen molar-refractivity contribution in [2.24, 2.45) is 0 Å². The van der Waals surface area contributed by atoms with Crippen LogP contribution in [0.1, 0.15) is 21.5 Å². The quantitative estimate of drug-likeness (QED) is 0.888. The van der Waals surface area contributed by atoms with Gasteiger partial charge in [-0.25, -0.2) is 0 Å². The fourth-order valence-corrected chi connectivity index (χ4v) is 2.19. The molecule has 0 aromatic heterocycles. The molecule has 0 unspecified atom stereocenters. The van der Waals surface area contributed by atoms with Crippen LogP contribution in [0.15, 0.2) is 54.6 Å². The molecule has 0 fully saturated rings. The molecule has 0 spiro atoms. The number of hydrogen-bond acceptors (Lipinski definition) is 2. The molecule has 0 saturated heterocycles. The molecule has 1 atom stereocenters. The highest BCUT2D eigenvalue weighted by Gasteiger charge is 2.34. The van der Waals surface area contributed by atoms with Crippen LogP contribution in [-0.4, -0.2) is 23.7 Å². The number of carbonyl (C=O) groups is 1. The van der Waals surface area contributed by atoms with Gasteiger partial charge in [0, 0.05) is 13.0 Å². The van der Waals surface area contributed by atoms with E-state index >= 15 is 0 Å². The van der Waals surface area contributed by atoms with E-state index < -0.39 is 29.3 Å². The number of nitrogens with one attached hydrogen (secondary N) is 1. The third kappa shape index (κ3) is 4.82. The fourth-order valence-electron chi connectivity index (χ4n) is 2.19. The lowest BCUT2D eigenvalue weighted by Crippen LogP contribution is -2.34. The minimum Gasteiger partial charge on any atom is -0.391 e. The second-order valence-corrected chi connectivity index (χ2v) is 5.10. The van der Waals surface area contributed by atoms with Crippen molar-refractivity contribution in [2.45, 2.75) is 18.7 Å². The third-order valence-corrected chi connectivity index (χ3v) is 3.29. The maximum absolute atomic E-state index is 12.9. The van der Waals surface area contributed by atoms with Gasteiger partial charge >= 0.3 is 6.18 Å². The zero-order chi connectivity index (χ0) is 16.9. The summed E-state index contributed by atoms with van der Waals surface area (Å²) in [5.74, 6) is -0.856. The molecule has 6 heteroatoms. The topological polar surface area (TPSA) is 49.3 Å². The normalized spacial score (nSPS) is 12.7. The maximum Gasteiger partial charge on any atom is 0.417 e. The first-order chi connectivity index (χ1) is 10.9. The first kappa shape index (κ1) is 17.0. The molecule has 2 aromatic rings. The van der Waals surface area contributed by atoms with E-state index in [1.807, 2.05) is 30.3 Å². The lowest BCUT2D eigenvalue weighted by Gasteiger charge is -2.15. The van der Waals surface area contributed by atoms with Crippen molar-refractivity contribution in [1.82, 2.24) is 5.32 Å². The van der Waals surface area contributed by atoms with Gasteiger partial charge in [-0.05, 0) is 17.7 Å². The van der Waals surface area contributed by atoms with Gasteiger partial charge in [0.05, 0.1) is 17.2 Å². The molecule has 3 nitrogen and oxygen atoms in total. The van der Waals surface area contributed by atoms with Crippen LogP contribution in [0.4, 0.5) is 13.2 Å². The van der Waals surface area contributed by atoms with Gasteiger partial charge in [-0.3, -0.25) is 4.79 Å². The van der Waals surface area contributed by atoms with Crippen LogP contribution in [0.5, 0.6) is 0 Å². The van der Waals surface area contributed by atoms with Crippen molar-refractivity contribution in [3.63, 3.8) is 0 Å². The molecular weight excluding hydrogens is 307 g/mol. The van der Waals surface area contributed by atoms with Gasteiger partial charge in [0.15, 0.2) is 0 Å². The Morgan fingerprint density at radius 1 is 1.04 bits per heavy atom. The Hall–Kier alpha value is -2.34. The zero-order valence-corrected chi connectivity index (χ0v) is 12.2. The molecule has 2 N–H and O–H groups in total. The number of rotatable bonds is 5. The van der Waals surface area contributed by atoms with Gasteiger partial charge in [-0.15, -0.1) is 0 Å². The number of aliphatic hydroxyl groups excluding tert-OH is 1. The Kier molecular flexibility index (Phi) is 5.39. The molecule has 0 aliphatic carbocycles. The van der Waals surface area contributed by atoms with Crippen molar-refractivity contribution in [3.8, 4) is 0 Å². The summed E-state index contributed by atoms with van der Waals surface area (Å²) in [6, 6.07) is 13.7. The van der Waals surface area contributed by atoms with Gasteiger partial charge in [-0.1, -0.05) is 42.5 Å². The third-order valence-electron chi connectivity index (χ3n) is 3.29. The predicted octanol–water partition coefficient (Wildman–Crippen LogP) is 3.04. The van der Waals surface area contributed by atoms with Crippen molar-refractivity contribution >= 4 is 5.91 Å². The minimum absolute atomic E-state index is 0.125. The molecule has 2 rings (SSSR count). The van der Waals surface area contributed by atoms with E-state index in [4.69, 9.17) is 0 Å². The van der Waals surface area contributed by atoms with E-state index in [9.17, 15) is 23.1 Å². The Morgan fingerprint density at radius 2 is 1.65 bits per heavy atom. The monoisotopic (exact) mass is 323 g/mol. The molecule has 23 heavy (non-hydrogen) atoms. The number of benzene rings is 2. The largest absolute Gasteiger partial charge is 0.417 e. The summed E-state index contributed by atoms with van der Waals surface area (Å²) in [4.78, 5) is 11.9. The van der Waals surface area contributed by atoms with Crippen LogP contribution >= 0.6 is 0 Å². The molecular formula is C17H16F3NO2. The molecule has 0 aliphatic rings. The first-order valence-corrected chi connectivity index (χ1v) is 7.04. The van der Waals surface area contributed by atoms with E-state index in [1.165, 1.54) is 12.1 Å². The molecule has 0 bridgehead atoms. The van der Waals surface area contributed by atoms with E-state index in [-0.39, 0.29) is 6.54 Å². The summed E-state index contributed by atoms with van der Waals surface area (Å²) in [5, 5.41) is 12.2. The van der Waals surface area contributed by atoms with Crippen LogP contribution in [0, 0.1) is 0 Å². The summed E-state index contributed by atoms with van der Waals surface area (Å²) in [6.45, 7) is -0.125. The zero-order valence-electron chi connectivity index (χ0n) is 12.2. The Labute approximate surface area is 131 Å². The van der Waals surface area contributed by atoms with Crippen molar-refractivity contribution < 1.29 is 23.1 Å². The van der Waals surface area contributed by atoms with Crippen LogP contribution < -0.4 is 5.32 Å². The molecule has 0 radical (unpaired) electrons. The Bertz CT molecular complexity index is 656. The average molecular weight is 323 g/mol. The highest BCUT2D eigenvalue weighted by Crippen LogP contribution is 2.31. The highest BCUT2D eigenvalue weighted by atomic mass is 19.4. The van der Waals surface area contributed by atoms with Gasteiger partial charge in [0.25, 0.3) is 5.91 Å². The Morgan fingerprint density at radius 3 is 2.30 bits per heavy atom. The number of carbonyl (C=O) groups excluding carboxylic acids is 1. The summed E-state index contributed by atoms with van der Waals surface area (Å²) in [5.41, 5.74) is -0.563. The van der Waals surface area contributed by atoms with Crippen molar-refractivity contribution in [3.05, 3.63) is 71.3 Å². The minimum atomic E-state index is -4.60. The van der Waals surface area contributed by atoms with Crippen LogP contribution in [0.3, 0.4) is 0 Å².